The Bertz CT molecular complexity index is 461. The van der Waals surface area contributed by atoms with E-state index in [4.69, 9.17) is 4.52 Å². The maximum atomic E-state index is 5.12. The van der Waals surface area contributed by atoms with Crippen LogP contribution in [0.15, 0.2) is 22.9 Å². The quantitative estimate of drug-likeness (QED) is 0.773. The molecule has 0 aliphatic heterocycles. The molecule has 0 bridgehead atoms. The molecule has 0 amide bonds. The van der Waals surface area contributed by atoms with Crippen LogP contribution in [-0.4, -0.2) is 21.3 Å². The number of rotatable bonds is 6. The van der Waals surface area contributed by atoms with Gasteiger partial charge in [0, 0.05) is 18.4 Å². The maximum Gasteiger partial charge on any atom is 0.246 e. The molecular formula is C12H18N4O. The van der Waals surface area contributed by atoms with E-state index in [0.29, 0.717) is 18.3 Å². The molecule has 0 saturated heterocycles. The molecule has 0 aromatic carbocycles. The molecular weight excluding hydrogens is 216 g/mol. The number of hydrogen-bond acceptors (Lipinski definition) is 4. The second-order valence-corrected chi connectivity index (χ2v) is 4.04. The maximum absolute atomic E-state index is 5.12. The average Bonchev–Trinajstić information content (AvgIpc) is 2.90. The summed E-state index contributed by atoms with van der Waals surface area (Å²) in [5.74, 6) is 1.33. The van der Waals surface area contributed by atoms with Gasteiger partial charge in [-0.1, -0.05) is 12.1 Å². The zero-order chi connectivity index (χ0) is 12.1. The Kier molecular flexibility index (Phi) is 3.93. The van der Waals surface area contributed by atoms with Gasteiger partial charge in [0.2, 0.25) is 5.89 Å². The molecule has 2 heterocycles. The van der Waals surface area contributed by atoms with Gasteiger partial charge in [-0.25, -0.2) is 0 Å². The molecule has 2 aromatic heterocycles. The number of nitrogens with one attached hydrogen (secondary N) is 1. The molecule has 1 N–H and O–H groups in total. The lowest BCUT2D eigenvalue weighted by Gasteiger charge is -2.07. The summed E-state index contributed by atoms with van der Waals surface area (Å²) in [6.45, 7) is 6.52. The first kappa shape index (κ1) is 11.9. The van der Waals surface area contributed by atoms with Gasteiger partial charge in [0.1, 0.15) is 6.54 Å². The highest BCUT2D eigenvalue weighted by molar-refractivity contribution is 5.08. The zero-order valence-corrected chi connectivity index (χ0v) is 10.3. The monoisotopic (exact) mass is 234 g/mol. The number of hydrogen-bond donors (Lipinski definition) is 1. The zero-order valence-electron chi connectivity index (χ0n) is 10.3. The molecule has 2 rings (SSSR count). The summed E-state index contributed by atoms with van der Waals surface area (Å²) in [7, 11) is 0. The van der Waals surface area contributed by atoms with Gasteiger partial charge >= 0.3 is 0 Å². The van der Waals surface area contributed by atoms with Crippen LogP contribution in [0.5, 0.6) is 0 Å². The first-order valence-corrected chi connectivity index (χ1v) is 5.93. The minimum Gasteiger partial charge on any atom is -0.341 e. The number of aromatic nitrogens is 3. The molecule has 0 unspecified atom stereocenters. The first-order valence-electron chi connectivity index (χ1n) is 5.93. The van der Waals surface area contributed by atoms with Gasteiger partial charge in [0.25, 0.3) is 0 Å². The van der Waals surface area contributed by atoms with Crippen molar-refractivity contribution in [2.45, 2.75) is 33.4 Å². The third kappa shape index (κ3) is 3.17. The molecule has 5 heteroatoms. The third-order valence-electron chi connectivity index (χ3n) is 2.53. The van der Waals surface area contributed by atoms with Gasteiger partial charge in [-0.05, 0) is 32.0 Å². The van der Waals surface area contributed by atoms with Crippen molar-refractivity contribution in [2.24, 2.45) is 0 Å². The van der Waals surface area contributed by atoms with E-state index in [1.54, 1.807) is 0 Å². The van der Waals surface area contributed by atoms with E-state index >= 15 is 0 Å². The smallest absolute Gasteiger partial charge is 0.246 e. The number of nitrogens with zero attached hydrogens (tertiary/aromatic N) is 3. The van der Waals surface area contributed by atoms with Gasteiger partial charge in [-0.15, -0.1) is 0 Å². The average molecular weight is 234 g/mol. The van der Waals surface area contributed by atoms with E-state index in [9.17, 15) is 0 Å². The summed E-state index contributed by atoms with van der Waals surface area (Å²) in [6.07, 6.45) is 3.17. The Labute approximate surface area is 101 Å². The summed E-state index contributed by atoms with van der Waals surface area (Å²) in [5, 5.41) is 7.17. The van der Waals surface area contributed by atoms with Gasteiger partial charge in [0.05, 0.1) is 0 Å². The molecule has 0 fully saturated rings. The molecule has 17 heavy (non-hydrogen) atoms. The molecule has 0 atom stereocenters. The van der Waals surface area contributed by atoms with Gasteiger partial charge in [0.15, 0.2) is 5.82 Å². The van der Waals surface area contributed by atoms with E-state index < -0.39 is 0 Å². The lowest BCUT2D eigenvalue weighted by molar-refractivity contribution is 0.366. The van der Waals surface area contributed by atoms with E-state index in [1.165, 1.54) is 5.69 Å². The minimum absolute atomic E-state index is 0.636. The van der Waals surface area contributed by atoms with Crippen LogP contribution in [0.3, 0.4) is 0 Å². The topological polar surface area (TPSA) is 55.9 Å². The summed E-state index contributed by atoms with van der Waals surface area (Å²) in [5.41, 5.74) is 1.23. The summed E-state index contributed by atoms with van der Waals surface area (Å²) >= 11 is 0. The third-order valence-corrected chi connectivity index (χ3v) is 2.53. The van der Waals surface area contributed by atoms with Crippen LogP contribution in [0.4, 0.5) is 0 Å². The second-order valence-electron chi connectivity index (χ2n) is 4.04. The highest BCUT2D eigenvalue weighted by Crippen LogP contribution is 2.06. The van der Waals surface area contributed by atoms with Crippen LogP contribution < -0.4 is 5.32 Å². The highest BCUT2D eigenvalue weighted by atomic mass is 16.5. The van der Waals surface area contributed by atoms with Crippen LogP contribution in [0.1, 0.15) is 30.8 Å². The normalized spacial score (nSPS) is 10.9. The Morgan fingerprint density at radius 1 is 1.47 bits per heavy atom. The van der Waals surface area contributed by atoms with Crippen molar-refractivity contribution in [1.29, 1.82) is 0 Å². The second kappa shape index (κ2) is 5.63. The Morgan fingerprint density at radius 3 is 3.06 bits per heavy atom. The van der Waals surface area contributed by atoms with Gasteiger partial charge in [-0.2, -0.15) is 4.98 Å². The van der Waals surface area contributed by atoms with Gasteiger partial charge < -0.3 is 14.4 Å². The number of aryl methyl sites for hydroxylation is 1. The van der Waals surface area contributed by atoms with Crippen LogP contribution in [-0.2, 0) is 13.1 Å². The van der Waals surface area contributed by atoms with Crippen molar-refractivity contribution in [3.8, 4) is 0 Å². The molecule has 92 valence electrons. The van der Waals surface area contributed by atoms with E-state index in [2.05, 4.69) is 33.0 Å². The Hall–Kier alpha value is -1.62. The van der Waals surface area contributed by atoms with Crippen LogP contribution >= 0.6 is 0 Å². The minimum atomic E-state index is 0.636. The summed E-state index contributed by atoms with van der Waals surface area (Å²) < 4.78 is 7.24. The van der Waals surface area contributed by atoms with Crippen molar-refractivity contribution in [2.75, 3.05) is 6.54 Å². The molecule has 2 aromatic rings. The Morgan fingerprint density at radius 2 is 2.35 bits per heavy atom. The van der Waals surface area contributed by atoms with Crippen molar-refractivity contribution in [1.82, 2.24) is 20.0 Å². The lowest BCUT2D eigenvalue weighted by atomic mass is 10.4. The van der Waals surface area contributed by atoms with Crippen LogP contribution in [0, 0.1) is 6.92 Å². The predicted octanol–water partition coefficient (Wildman–Crippen LogP) is 1.73. The summed E-state index contributed by atoms with van der Waals surface area (Å²) in [6, 6.07) is 4.14. The standard InChI is InChI=1S/C12H18N4O/c1-3-6-13-8-11-5-4-7-16(11)9-12-14-10(2)15-17-12/h4-5,7,13H,3,6,8-9H2,1-2H3. The predicted molar refractivity (Wildman–Crippen MR) is 64.6 cm³/mol. The van der Waals surface area contributed by atoms with Crippen molar-refractivity contribution < 1.29 is 4.52 Å². The van der Waals surface area contributed by atoms with Crippen molar-refractivity contribution >= 4 is 0 Å². The van der Waals surface area contributed by atoms with Gasteiger partial charge in [-0.3, -0.25) is 0 Å². The fourth-order valence-corrected chi connectivity index (χ4v) is 1.71. The molecule has 0 aliphatic carbocycles. The fourth-order valence-electron chi connectivity index (χ4n) is 1.71. The first-order chi connectivity index (χ1) is 8.29. The van der Waals surface area contributed by atoms with E-state index in [1.807, 2.05) is 19.2 Å². The van der Waals surface area contributed by atoms with Crippen LogP contribution in [0.25, 0.3) is 0 Å². The van der Waals surface area contributed by atoms with Crippen molar-refractivity contribution in [3.05, 3.63) is 35.7 Å². The SMILES string of the molecule is CCCNCc1cccn1Cc1nc(C)no1. The molecule has 0 radical (unpaired) electrons. The lowest BCUT2D eigenvalue weighted by Crippen LogP contribution is -2.17. The molecule has 5 nitrogen and oxygen atoms in total. The Balaban J connectivity index is 1.98. The largest absolute Gasteiger partial charge is 0.341 e. The highest BCUT2D eigenvalue weighted by Gasteiger charge is 2.06. The molecule has 0 spiro atoms. The fraction of sp³-hybridized carbons (Fsp3) is 0.500. The van der Waals surface area contributed by atoms with Crippen LogP contribution in [0.2, 0.25) is 0 Å². The van der Waals surface area contributed by atoms with Crippen molar-refractivity contribution in [3.63, 3.8) is 0 Å². The van der Waals surface area contributed by atoms with E-state index in [0.717, 1.165) is 19.5 Å². The van der Waals surface area contributed by atoms with E-state index in [-0.39, 0.29) is 0 Å². The molecule has 0 aliphatic rings. The molecule has 0 saturated carbocycles. The summed E-state index contributed by atoms with van der Waals surface area (Å²) in [4.78, 5) is 4.20.